The Morgan fingerprint density at radius 2 is 2.06 bits per heavy atom. The molecule has 1 aliphatic heterocycles. The number of benzene rings is 2. The molecule has 4 rings (SSSR count). The minimum atomic E-state index is -0.377. The number of ether oxygens (including phenoxy) is 1. The summed E-state index contributed by atoms with van der Waals surface area (Å²) < 4.78 is 7.73. The molecule has 0 bridgehead atoms. The van der Waals surface area contributed by atoms with E-state index in [4.69, 9.17) is 10.5 Å². The zero-order valence-electron chi connectivity index (χ0n) is 18.7. The van der Waals surface area contributed by atoms with Crippen LogP contribution in [0.15, 0.2) is 47.6 Å². The van der Waals surface area contributed by atoms with E-state index in [9.17, 15) is 9.59 Å². The van der Waals surface area contributed by atoms with Gasteiger partial charge in [-0.15, -0.1) is 10.2 Å². The number of nitrogens with one attached hydrogen (secondary N) is 1. The van der Waals surface area contributed by atoms with Gasteiger partial charge in [-0.2, -0.15) is 0 Å². The highest BCUT2D eigenvalue weighted by Gasteiger charge is 2.22. The third-order valence-electron chi connectivity index (χ3n) is 5.80. The Morgan fingerprint density at radius 3 is 2.85 bits per heavy atom. The number of aromatic nitrogens is 3. The molecule has 0 saturated carbocycles. The molecule has 1 aromatic heterocycles. The monoisotopic (exact) mass is 467 g/mol. The summed E-state index contributed by atoms with van der Waals surface area (Å²) in [5.74, 6) is 0.453. The van der Waals surface area contributed by atoms with Gasteiger partial charge in [0.2, 0.25) is 11.8 Å². The van der Waals surface area contributed by atoms with E-state index in [1.54, 1.807) is 0 Å². The fraction of sp³-hybridized carbons (Fsp3) is 0.417. The van der Waals surface area contributed by atoms with Crippen LogP contribution in [0.4, 0.5) is 0 Å². The molecule has 2 aromatic carbocycles. The molecule has 2 amide bonds. The number of nitrogens with zero attached hydrogens (tertiary/aromatic N) is 3. The normalized spacial score (nSPS) is 16.7. The van der Waals surface area contributed by atoms with E-state index >= 15 is 0 Å². The molecule has 33 heavy (non-hydrogen) atoms. The number of hydrogen-bond acceptors (Lipinski definition) is 6. The van der Waals surface area contributed by atoms with Crippen LogP contribution in [0.3, 0.4) is 0 Å². The summed E-state index contributed by atoms with van der Waals surface area (Å²) in [6, 6.07) is 14.2. The summed E-state index contributed by atoms with van der Waals surface area (Å²) in [5.41, 5.74) is 6.39. The lowest BCUT2D eigenvalue weighted by molar-refractivity contribution is -0.119. The van der Waals surface area contributed by atoms with Gasteiger partial charge in [-0.3, -0.25) is 9.59 Å². The maximum absolute atomic E-state index is 12.7. The highest BCUT2D eigenvalue weighted by atomic mass is 32.2. The predicted octanol–water partition coefficient (Wildman–Crippen LogP) is 3.00. The number of carbonyl (C=O) groups excluding carboxylic acids is 2. The van der Waals surface area contributed by atoms with Gasteiger partial charge in [-0.05, 0) is 36.1 Å². The Balaban J connectivity index is 1.41. The van der Waals surface area contributed by atoms with E-state index < -0.39 is 0 Å². The number of fused-ring (bicyclic) bond motifs is 1. The Hall–Kier alpha value is -2.91. The van der Waals surface area contributed by atoms with Crippen molar-refractivity contribution in [3.63, 3.8) is 0 Å². The Morgan fingerprint density at radius 1 is 1.24 bits per heavy atom. The molecule has 8 nitrogen and oxygen atoms in total. The van der Waals surface area contributed by atoms with Gasteiger partial charge < -0.3 is 20.4 Å². The van der Waals surface area contributed by atoms with Gasteiger partial charge in [-0.1, -0.05) is 54.2 Å². The van der Waals surface area contributed by atoms with E-state index in [1.807, 2.05) is 35.8 Å². The third kappa shape index (κ3) is 5.91. The lowest BCUT2D eigenvalue weighted by atomic mass is 10.00. The molecule has 2 heterocycles. The van der Waals surface area contributed by atoms with Gasteiger partial charge in [0.25, 0.3) is 0 Å². The van der Waals surface area contributed by atoms with Crippen molar-refractivity contribution in [1.82, 2.24) is 20.1 Å². The first-order valence-corrected chi connectivity index (χ1v) is 12.2. The quantitative estimate of drug-likeness (QED) is 0.443. The Bertz CT molecular complexity index is 1120. The predicted molar refractivity (Wildman–Crippen MR) is 128 cm³/mol. The van der Waals surface area contributed by atoms with E-state index in [0.717, 1.165) is 35.8 Å². The van der Waals surface area contributed by atoms with Crippen LogP contribution >= 0.6 is 11.8 Å². The number of carbonyl (C=O) groups is 2. The van der Waals surface area contributed by atoms with Crippen LogP contribution in [0, 0.1) is 0 Å². The summed E-state index contributed by atoms with van der Waals surface area (Å²) in [6.07, 6.45) is 2.71. The van der Waals surface area contributed by atoms with Crippen molar-refractivity contribution in [2.75, 3.05) is 12.4 Å². The van der Waals surface area contributed by atoms with Crippen molar-refractivity contribution >= 4 is 34.3 Å². The van der Waals surface area contributed by atoms with Crippen molar-refractivity contribution in [2.24, 2.45) is 5.73 Å². The summed E-state index contributed by atoms with van der Waals surface area (Å²) in [7, 11) is 0. The van der Waals surface area contributed by atoms with Gasteiger partial charge in [0.15, 0.2) is 5.16 Å². The van der Waals surface area contributed by atoms with Crippen LogP contribution < -0.4 is 11.1 Å². The summed E-state index contributed by atoms with van der Waals surface area (Å²) in [4.78, 5) is 24.0. The molecular formula is C24H29N5O3S. The van der Waals surface area contributed by atoms with Gasteiger partial charge in [0.1, 0.15) is 5.82 Å². The highest BCUT2D eigenvalue weighted by Crippen LogP contribution is 2.25. The number of primary amides is 1. The van der Waals surface area contributed by atoms with Crippen LogP contribution in [0.5, 0.6) is 0 Å². The zero-order chi connectivity index (χ0) is 23.2. The molecule has 3 N–H and O–H groups in total. The van der Waals surface area contributed by atoms with Crippen LogP contribution in [0.2, 0.25) is 0 Å². The lowest BCUT2D eigenvalue weighted by Crippen LogP contribution is -2.28. The lowest BCUT2D eigenvalue weighted by Gasteiger charge is -2.17. The molecule has 2 atom stereocenters. The van der Waals surface area contributed by atoms with Gasteiger partial charge in [0.05, 0.1) is 24.4 Å². The molecule has 3 aromatic rings. The van der Waals surface area contributed by atoms with Crippen molar-refractivity contribution in [3.8, 4) is 0 Å². The molecule has 9 heteroatoms. The van der Waals surface area contributed by atoms with Gasteiger partial charge >= 0.3 is 0 Å². The minimum Gasteiger partial charge on any atom is -0.376 e. The molecular weight excluding hydrogens is 438 g/mol. The number of nitrogens with two attached hydrogens (primary N) is 1. The number of amides is 2. The topological polar surface area (TPSA) is 112 Å². The molecule has 0 aliphatic carbocycles. The summed E-state index contributed by atoms with van der Waals surface area (Å²) >= 11 is 1.34. The van der Waals surface area contributed by atoms with Crippen molar-refractivity contribution in [1.29, 1.82) is 0 Å². The smallest absolute Gasteiger partial charge is 0.230 e. The first-order chi connectivity index (χ1) is 16.0. The largest absolute Gasteiger partial charge is 0.376 e. The Kier molecular flexibility index (Phi) is 7.61. The SMILES string of the molecule is C[C@@H](NC(=O)CSc1nnc(CCC(N)=O)n1C[C@@H]1CCCO1)c1cccc2ccccc12. The van der Waals surface area contributed by atoms with Crippen LogP contribution in [0.25, 0.3) is 10.8 Å². The zero-order valence-corrected chi connectivity index (χ0v) is 19.5. The average Bonchev–Trinajstić information content (AvgIpc) is 3.46. The van der Waals surface area contributed by atoms with Gasteiger partial charge in [0, 0.05) is 19.4 Å². The number of thioether (sulfide) groups is 1. The van der Waals surface area contributed by atoms with Crippen molar-refractivity contribution in [2.45, 2.75) is 56.5 Å². The van der Waals surface area contributed by atoms with Gasteiger partial charge in [-0.25, -0.2) is 0 Å². The first-order valence-electron chi connectivity index (χ1n) is 11.2. The minimum absolute atomic E-state index is 0.0780. The molecule has 1 aliphatic rings. The maximum Gasteiger partial charge on any atom is 0.230 e. The molecule has 0 radical (unpaired) electrons. The average molecular weight is 468 g/mol. The molecule has 0 spiro atoms. The van der Waals surface area contributed by atoms with Crippen molar-refractivity contribution < 1.29 is 14.3 Å². The second-order valence-corrected chi connectivity index (χ2v) is 9.20. The Labute approximate surface area is 197 Å². The number of rotatable bonds is 10. The fourth-order valence-corrected chi connectivity index (χ4v) is 4.92. The maximum atomic E-state index is 12.7. The standard InChI is InChI=1S/C24H29N5O3S/c1-16(19-10-4-7-17-6-2-3-9-20(17)19)26-23(31)15-33-24-28-27-22(12-11-21(25)30)29(24)14-18-8-5-13-32-18/h2-4,6-7,9-10,16,18H,5,8,11-15H2,1H3,(H2,25,30)(H,26,31)/t16-,18+/m1/s1. The molecule has 0 unspecified atom stereocenters. The first kappa shape index (κ1) is 23.3. The second-order valence-electron chi connectivity index (χ2n) is 8.26. The fourth-order valence-electron chi connectivity index (χ4n) is 4.14. The van der Waals surface area contributed by atoms with E-state index in [-0.39, 0.29) is 36.1 Å². The van der Waals surface area contributed by atoms with E-state index in [1.165, 1.54) is 11.8 Å². The summed E-state index contributed by atoms with van der Waals surface area (Å²) in [5, 5.41) is 14.6. The van der Waals surface area contributed by atoms with Crippen LogP contribution in [-0.2, 0) is 27.3 Å². The number of aryl methyl sites for hydroxylation is 1. The molecule has 1 fully saturated rings. The molecule has 1 saturated heterocycles. The van der Waals surface area contributed by atoms with Crippen LogP contribution in [0.1, 0.15) is 43.6 Å². The molecule has 174 valence electrons. The van der Waals surface area contributed by atoms with Crippen molar-refractivity contribution in [3.05, 3.63) is 53.9 Å². The van der Waals surface area contributed by atoms with E-state index in [0.29, 0.717) is 23.9 Å². The third-order valence-corrected chi connectivity index (χ3v) is 6.77. The summed E-state index contributed by atoms with van der Waals surface area (Å²) in [6.45, 7) is 3.35. The second kappa shape index (κ2) is 10.8. The number of hydrogen-bond donors (Lipinski definition) is 2. The van der Waals surface area contributed by atoms with Crippen LogP contribution in [-0.4, -0.2) is 45.0 Å². The highest BCUT2D eigenvalue weighted by molar-refractivity contribution is 7.99. The van der Waals surface area contributed by atoms with E-state index in [2.05, 4.69) is 33.7 Å².